The fourth-order valence-electron chi connectivity index (χ4n) is 9.39. The van der Waals surface area contributed by atoms with Crippen LogP contribution in [0.25, 0.3) is 21.5 Å². The fraction of sp³-hybridized carbons (Fsp3) is 0.444. The van der Waals surface area contributed by atoms with Crippen molar-refractivity contribution in [1.29, 1.82) is 0 Å². The van der Waals surface area contributed by atoms with E-state index < -0.39 is 29.6 Å². The van der Waals surface area contributed by atoms with Gasteiger partial charge in [-0.2, -0.15) is 0 Å². The molecule has 4 aliphatic rings. The molecule has 8 heteroatoms. The average molecular weight is 646 g/mol. The second-order valence-electron chi connectivity index (χ2n) is 14.7. The Morgan fingerprint density at radius 3 is 1.07 bits per heavy atom. The molecule has 222 valence electrons. The summed E-state index contributed by atoms with van der Waals surface area (Å²) in [6.07, 6.45) is 4.84. The van der Waals surface area contributed by atoms with E-state index in [-0.39, 0.29) is 0 Å². The summed E-state index contributed by atoms with van der Waals surface area (Å²) in [5.41, 5.74) is 8.95. The molecule has 4 aromatic rings. The Balaban J connectivity index is 0.000000142. The molecular formula is C36H46B4P4. The SMILES string of the molecule is [B-][PH+]1[B-][P+](C(C)C)(C(C)C)c2ccc3c4c(ccc1c24)CC3.[B-][PH+]1[B-][P+](C(C)C)(C(C)C)c2ccc3c4c(ccc1c24)CC3. The Hall–Kier alpha value is -0.620. The molecular weight excluding hydrogens is 600 g/mol. The summed E-state index contributed by atoms with van der Waals surface area (Å²) in [7, 11) is 8.81. The van der Waals surface area contributed by atoms with Crippen molar-refractivity contribution in [1.82, 2.24) is 0 Å². The van der Waals surface area contributed by atoms with Crippen LogP contribution in [0.5, 0.6) is 0 Å². The Labute approximate surface area is 274 Å². The Bertz CT molecular complexity index is 1630. The molecule has 0 saturated heterocycles. The smallest absolute Gasteiger partial charge is 0.123 e. The number of rotatable bonds is 4. The van der Waals surface area contributed by atoms with Crippen LogP contribution in [0.15, 0.2) is 48.5 Å². The zero-order valence-corrected chi connectivity index (χ0v) is 31.7. The maximum Gasteiger partial charge on any atom is 0.123 e. The maximum absolute atomic E-state index is 6.75. The van der Waals surface area contributed by atoms with Gasteiger partial charge in [0.1, 0.15) is 13.4 Å². The van der Waals surface area contributed by atoms with Gasteiger partial charge < -0.3 is 30.5 Å². The summed E-state index contributed by atoms with van der Waals surface area (Å²) in [5.74, 6) is 0. The van der Waals surface area contributed by atoms with Gasteiger partial charge >= 0.3 is 0 Å². The molecule has 2 aliphatic heterocycles. The largest absolute Gasteiger partial charge is 0.399 e. The van der Waals surface area contributed by atoms with E-state index in [0.717, 1.165) is 0 Å². The number of aryl methyl sites for hydroxylation is 4. The maximum atomic E-state index is 6.75. The lowest BCUT2D eigenvalue weighted by Crippen LogP contribution is -2.36. The van der Waals surface area contributed by atoms with Crippen molar-refractivity contribution >= 4 is 101 Å². The molecule has 8 rings (SSSR count). The van der Waals surface area contributed by atoms with Crippen LogP contribution in [-0.2, 0) is 25.7 Å². The van der Waals surface area contributed by atoms with E-state index in [0.29, 0.717) is 22.6 Å². The minimum absolute atomic E-state index is 0.683. The van der Waals surface area contributed by atoms with Crippen LogP contribution in [0.2, 0.25) is 0 Å². The first-order valence-electron chi connectivity index (χ1n) is 16.8. The van der Waals surface area contributed by atoms with Gasteiger partial charge in [-0.05, 0) is 138 Å². The number of hydrogen-bond donors (Lipinski definition) is 0. The third kappa shape index (κ3) is 4.43. The monoisotopic (exact) mass is 646 g/mol. The van der Waals surface area contributed by atoms with Gasteiger partial charge in [0.15, 0.2) is 0 Å². The Kier molecular flexibility index (Phi) is 8.36. The van der Waals surface area contributed by atoms with Crippen molar-refractivity contribution in [3.05, 3.63) is 70.8 Å². The quantitative estimate of drug-likeness (QED) is 0.157. The van der Waals surface area contributed by atoms with Crippen LogP contribution >= 0.6 is 29.6 Å². The van der Waals surface area contributed by atoms with Crippen molar-refractivity contribution in [2.24, 2.45) is 0 Å². The number of hydrogen-bond acceptors (Lipinski definition) is 0. The Morgan fingerprint density at radius 2 is 0.773 bits per heavy atom. The van der Waals surface area contributed by atoms with Gasteiger partial charge in [0, 0.05) is 33.2 Å². The Morgan fingerprint density at radius 1 is 0.477 bits per heavy atom. The van der Waals surface area contributed by atoms with Crippen molar-refractivity contribution in [2.75, 3.05) is 0 Å². The molecule has 2 heterocycles. The topological polar surface area (TPSA) is 0 Å². The van der Waals surface area contributed by atoms with E-state index in [9.17, 15) is 0 Å². The summed E-state index contributed by atoms with van der Waals surface area (Å²) < 4.78 is 0. The van der Waals surface area contributed by atoms with Gasteiger partial charge in [-0.1, -0.05) is 24.3 Å². The van der Waals surface area contributed by atoms with Crippen LogP contribution in [0.3, 0.4) is 0 Å². The molecule has 0 nitrogen and oxygen atoms in total. The lowest BCUT2D eigenvalue weighted by Gasteiger charge is -2.50. The highest BCUT2D eigenvalue weighted by Gasteiger charge is 2.45. The normalized spacial score (nSPS) is 22.0. The zero-order valence-electron chi connectivity index (χ0n) is 28.0. The zero-order chi connectivity index (χ0) is 31.3. The van der Waals surface area contributed by atoms with Crippen LogP contribution in [-0.4, -0.2) is 51.2 Å². The van der Waals surface area contributed by atoms with E-state index in [4.69, 9.17) is 15.1 Å². The molecule has 0 bridgehead atoms. The predicted molar refractivity (Wildman–Crippen MR) is 215 cm³/mol. The summed E-state index contributed by atoms with van der Waals surface area (Å²) in [5, 5.41) is 12.5. The highest BCUT2D eigenvalue weighted by molar-refractivity contribution is 8.35. The lowest BCUT2D eigenvalue weighted by molar-refractivity contribution is 1.01. The van der Waals surface area contributed by atoms with Crippen LogP contribution in [0, 0.1) is 0 Å². The molecule has 10 radical (unpaired) electrons. The highest BCUT2D eigenvalue weighted by atomic mass is 31.2. The van der Waals surface area contributed by atoms with Gasteiger partial charge in [0.2, 0.25) is 0 Å². The first-order chi connectivity index (χ1) is 20.9. The van der Waals surface area contributed by atoms with Crippen molar-refractivity contribution in [3.63, 3.8) is 0 Å². The molecule has 2 aliphatic carbocycles. The highest BCUT2D eigenvalue weighted by Crippen LogP contribution is 2.72. The van der Waals surface area contributed by atoms with Crippen LogP contribution in [0.4, 0.5) is 0 Å². The lowest BCUT2D eigenvalue weighted by atomic mass is 10.0. The fourth-order valence-corrected chi connectivity index (χ4v) is 28.4. The second-order valence-corrected chi connectivity index (χ2v) is 28.1. The first kappa shape index (κ1) is 32.0. The molecule has 44 heavy (non-hydrogen) atoms. The van der Waals surface area contributed by atoms with E-state index in [1.165, 1.54) is 36.3 Å². The van der Waals surface area contributed by atoms with E-state index >= 15 is 0 Å². The van der Waals surface area contributed by atoms with Gasteiger partial charge in [0.05, 0.1) is 21.4 Å². The standard InChI is InChI=1S/2C18H23B2P2/c2*1-11(2)22(12(3)4)16-10-8-14-6-5-13-7-9-15(21(19)20-22)18(16)17(13)14/h2*7-12,21H,5-6H2,1-4H3. The second kappa shape index (κ2) is 11.5. The molecule has 0 N–H and O–H groups in total. The first-order valence-corrected chi connectivity index (χ1v) is 24.1. The molecule has 4 aromatic carbocycles. The molecule has 2 unspecified atom stereocenters. The van der Waals surface area contributed by atoms with Crippen molar-refractivity contribution in [3.8, 4) is 0 Å². The third-order valence-corrected chi connectivity index (χ3v) is 28.5. The predicted octanol–water partition coefficient (Wildman–Crippen LogP) is 7.74. The molecule has 0 aromatic heterocycles. The number of benzene rings is 4. The van der Waals surface area contributed by atoms with Crippen LogP contribution in [0.1, 0.15) is 77.6 Å². The minimum Gasteiger partial charge on any atom is -0.399 e. The summed E-state index contributed by atoms with van der Waals surface area (Å²) >= 11 is 0. The van der Waals surface area contributed by atoms with Crippen molar-refractivity contribution < 1.29 is 0 Å². The summed E-state index contributed by atoms with van der Waals surface area (Å²) in [6, 6.07) is 19.1. The van der Waals surface area contributed by atoms with Gasteiger partial charge in [0.25, 0.3) is 0 Å². The molecule has 0 spiro atoms. The van der Waals surface area contributed by atoms with E-state index in [1.54, 1.807) is 54.4 Å². The summed E-state index contributed by atoms with van der Waals surface area (Å²) in [4.78, 5) is 0. The van der Waals surface area contributed by atoms with Crippen LogP contribution < -0.4 is 21.2 Å². The molecule has 0 amide bonds. The third-order valence-electron chi connectivity index (χ3n) is 11.5. The van der Waals surface area contributed by atoms with Gasteiger partial charge in [-0.25, -0.2) is 0 Å². The van der Waals surface area contributed by atoms with Gasteiger partial charge in [-0.15, -0.1) is 14.3 Å². The van der Waals surface area contributed by atoms with E-state index in [2.05, 4.69) is 117 Å². The molecule has 0 saturated carbocycles. The summed E-state index contributed by atoms with van der Waals surface area (Å²) in [6.45, 7) is 24.6. The van der Waals surface area contributed by atoms with E-state index in [1.807, 2.05) is 0 Å². The van der Waals surface area contributed by atoms with Crippen molar-refractivity contribution in [2.45, 2.75) is 104 Å². The average Bonchev–Trinajstić information content (AvgIpc) is 3.61. The molecule has 2 atom stereocenters. The molecule has 0 fully saturated rings. The van der Waals surface area contributed by atoms with Gasteiger partial charge in [-0.3, -0.25) is 0 Å². The minimum atomic E-state index is -1.32.